The minimum atomic E-state index is -0.0666. The van der Waals surface area contributed by atoms with Crippen molar-refractivity contribution >= 4 is 5.91 Å². The summed E-state index contributed by atoms with van der Waals surface area (Å²) in [5, 5.41) is 5.76. The van der Waals surface area contributed by atoms with Crippen LogP contribution < -0.4 is 10.6 Å². The second-order valence-corrected chi connectivity index (χ2v) is 9.12. The molecule has 5 aliphatic rings. The normalized spacial score (nSPS) is 38.1. The summed E-state index contributed by atoms with van der Waals surface area (Å²) in [5.41, 5.74) is 1.50. The molecule has 3 heteroatoms. The lowest BCUT2D eigenvalue weighted by Gasteiger charge is -2.55. The van der Waals surface area contributed by atoms with Crippen LogP contribution in [0.3, 0.4) is 0 Å². The third kappa shape index (κ3) is 2.77. The smallest absolute Gasteiger partial charge is 0.283 e. The molecule has 3 nitrogen and oxygen atoms in total. The quantitative estimate of drug-likeness (QED) is 0.858. The van der Waals surface area contributed by atoms with Crippen LogP contribution in [0.15, 0.2) is 30.3 Å². The molecule has 0 spiro atoms. The Bertz CT molecular complexity index is 587. The van der Waals surface area contributed by atoms with Crippen molar-refractivity contribution < 1.29 is 10.1 Å². The SMILES string of the molecule is O=C(NC1CC1)[C@@H]([NH2+]C12CC3CC(CC(C3)C1)C2)c1ccccc1. The summed E-state index contributed by atoms with van der Waals surface area (Å²) in [6.45, 7) is 0. The number of carbonyl (C=O) groups excluding carboxylic acids is 1. The van der Waals surface area contributed by atoms with Crippen LogP contribution >= 0.6 is 0 Å². The number of hydrogen-bond acceptors (Lipinski definition) is 1. The molecule has 1 aromatic carbocycles. The number of rotatable bonds is 5. The van der Waals surface area contributed by atoms with Gasteiger partial charge in [-0.1, -0.05) is 30.3 Å². The van der Waals surface area contributed by atoms with Gasteiger partial charge in [0.1, 0.15) is 0 Å². The van der Waals surface area contributed by atoms with E-state index in [9.17, 15) is 4.79 Å². The zero-order valence-corrected chi connectivity index (χ0v) is 14.4. The van der Waals surface area contributed by atoms with Crippen molar-refractivity contribution in [2.75, 3.05) is 0 Å². The molecule has 0 radical (unpaired) electrons. The number of quaternary nitrogens is 1. The molecule has 0 aliphatic heterocycles. The molecule has 6 rings (SSSR count). The van der Waals surface area contributed by atoms with Crippen LogP contribution in [0.1, 0.15) is 63.0 Å². The number of nitrogens with one attached hydrogen (secondary N) is 1. The first-order valence-corrected chi connectivity index (χ1v) is 9.90. The molecule has 0 saturated heterocycles. The van der Waals surface area contributed by atoms with Gasteiger partial charge in [-0.05, 0) is 49.9 Å². The second kappa shape index (κ2) is 5.59. The number of amides is 1. The molecule has 1 aromatic rings. The average Bonchev–Trinajstić information content (AvgIpc) is 3.36. The highest BCUT2D eigenvalue weighted by molar-refractivity contribution is 5.82. The Morgan fingerprint density at radius 3 is 2.12 bits per heavy atom. The summed E-state index contributed by atoms with van der Waals surface area (Å²) >= 11 is 0. The number of benzene rings is 1. The molecule has 24 heavy (non-hydrogen) atoms. The van der Waals surface area contributed by atoms with Crippen LogP contribution in [0.5, 0.6) is 0 Å². The first-order chi connectivity index (χ1) is 11.7. The van der Waals surface area contributed by atoms with Gasteiger partial charge in [-0.25, -0.2) is 0 Å². The molecule has 3 N–H and O–H groups in total. The predicted molar refractivity (Wildman–Crippen MR) is 93.2 cm³/mol. The van der Waals surface area contributed by atoms with Crippen molar-refractivity contribution in [2.45, 2.75) is 69.0 Å². The molecule has 1 atom stereocenters. The zero-order chi connectivity index (χ0) is 16.1. The third-order valence-electron chi connectivity index (χ3n) is 6.97. The number of nitrogens with two attached hydrogens (primary N) is 1. The van der Waals surface area contributed by atoms with E-state index in [1.807, 2.05) is 6.07 Å². The van der Waals surface area contributed by atoms with Gasteiger partial charge in [-0.2, -0.15) is 0 Å². The van der Waals surface area contributed by atoms with E-state index < -0.39 is 0 Å². The summed E-state index contributed by atoms with van der Waals surface area (Å²) in [6, 6.07) is 10.8. The van der Waals surface area contributed by atoms with Crippen molar-refractivity contribution in [3.05, 3.63) is 35.9 Å². The molecule has 1 amide bonds. The topological polar surface area (TPSA) is 45.7 Å². The maximum atomic E-state index is 13.0. The first-order valence-electron chi connectivity index (χ1n) is 9.90. The van der Waals surface area contributed by atoms with Gasteiger partial charge >= 0.3 is 0 Å². The van der Waals surface area contributed by atoms with Crippen LogP contribution in [0.4, 0.5) is 0 Å². The lowest BCUT2D eigenvalue weighted by molar-refractivity contribution is -0.762. The molecular formula is C21H29N2O+. The zero-order valence-electron chi connectivity index (χ0n) is 14.4. The van der Waals surface area contributed by atoms with Crippen molar-refractivity contribution in [1.82, 2.24) is 5.32 Å². The van der Waals surface area contributed by atoms with Gasteiger partial charge in [0.25, 0.3) is 5.91 Å². The highest BCUT2D eigenvalue weighted by Gasteiger charge is 2.54. The Morgan fingerprint density at radius 1 is 1.00 bits per heavy atom. The van der Waals surface area contributed by atoms with E-state index in [1.54, 1.807) is 0 Å². The monoisotopic (exact) mass is 325 g/mol. The van der Waals surface area contributed by atoms with Crippen LogP contribution in [0.25, 0.3) is 0 Å². The Kier molecular flexibility index (Phi) is 3.48. The Hall–Kier alpha value is -1.35. The molecule has 0 heterocycles. The third-order valence-corrected chi connectivity index (χ3v) is 6.97. The molecule has 5 saturated carbocycles. The van der Waals surface area contributed by atoms with E-state index in [-0.39, 0.29) is 11.9 Å². The minimum absolute atomic E-state index is 0.0666. The Balaban J connectivity index is 1.41. The standard InChI is InChI=1S/C21H28N2O/c24-20(22-18-6-7-18)19(17-4-2-1-3-5-17)23-21-11-14-8-15(12-21)10-16(9-14)13-21/h1-5,14-16,18-19,23H,6-13H2,(H,22,24)/p+1/t14?,15?,16?,19-,21?/m0/s1. The minimum Gasteiger partial charge on any atom is -0.348 e. The van der Waals surface area contributed by atoms with Gasteiger partial charge in [-0.3, -0.25) is 4.79 Å². The highest BCUT2D eigenvalue weighted by atomic mass is 16.2. The Morgan fingerprint density at radius 2 is 1.58 bits per heavy atom. The number of hydrogen-bond donors (Lipinski definition) is 2. The Labute approximate surface area is 144 Å². The van der Waals surface area contributed by atoms with Gasteiger partial charge in [0.15, 0.2) is 6.04 Å². The summed E-state index contributed by atoms with van der Waals surface area (Å²) in [5.74, 6) is 3.01. The fraction of sp³-hybridized carbons (Fsp3) is 0.667. The van der Waals surface area contributed by atoms with Gasteiger partial charge in [-0.15, -0.1) is 0 Å². The van der Waals surface area contributed by atoms with Crippen molar-refractivity contribution in [3.63, 3.8) is 0 Å². The lowest BCUT2D eigenvalue weighted by Crippen LogP contribution is -3.00. The van der Waals surface area contributed by atoms with Crippen LogP contribution in [0, 0.1) is 17.8 Å². The van der Waals surface area contributed by atoms with Gasteiger partial charge in [0.2, 0.25) is 0 Å². The fourth-order valence-corrected chi connectivity index (χ4v) is 6.24. The fourth-order valence-electron chi connectivity index (χ4n) is 6.24. The molecule has 0 unspecified atom stereocenters. The largest absolute Gasteiger partial charge is 0.348 e. The summed E-state index contributed by atoms with van der Waals surface area (Å²) in [4.78, 5) is 13.0. The van der Waals surface area contributed by atoms with Crippen LogP contribution in [-0.4, -0.2) is 17.5 Å². The van der Waals surface area contributed by atoms with E-state index >= 15 is 0 Å². The highest BCUT2D eigenvalue weighted by Crippen LogP contribution is 2.54. The van der Waals surface area contributed by atoms with Crippen LogP contribution in [-0.2, 0) is 4.79 Å². The summed E-state index contributed by atoms with van der Waals surface area (Å²) < 4.78 is 0. The predicted octanol–water partition coefficient (Wildman–Crippen LogP) is 2.54. The van der Waals surface area contributed by atoms with Crippen molar-refractivity contribution in [1.29, 1.82) is 0 Å². The molecule has 5 fully saturated rings. The summed E-state index contributed by atoms with van der Waals surface area (Å²) in [6.07, 6.45) is 10.7. The van der Waals surface area contributed by atoms with Gasteiger partial charge < -0.3 is 10.6 Å². The first kappa shape index (κ1) is 14.9. The van der Waals surface area contributed by atoms with E-state index in [2.05, 4.69) is 34.9 Å². The molecule has 0 aromatic heterocycles. The molecule has 4 bridgehead atoms. The van der Waals surface area contributed by atoms with E-state index in [1.165, 1.54) is 44.1 Å². The van der Waals surface area contributed by atoms with Crippen molar-refractivity contribution in [3.8, 4) is 0 Å². The van der Waals surface area contributed by atoms with Gasteiger partial charge in [0, 0.05) is 30.9 Å². The lowest BCUT2D eigenvalue weighted by atomic mass is 9.53. The maximum absolute atomic E-state index is 13.0. The average molecular weight is 325 g/mol. The molecule has 5 aliphatic carbocycles. The molecule has 128 valence electrons. The van der Waals surface area contributed by atoms with E-state index in [0.29, 0.717) is 11.6 Å². The van der Waals surface area contributed by atoms with Crippen molar-refractivity contribution in [2.24, 2.45) is 17.8 Å². The van der Waals surface area contributed by atoms with Gasteiger partial charge in [0.05, 0.1) is 5.54 Å². The molecular weight excluding hydrogens is 296 g/mol. The maximum Gasteiger partial charge on any atom is 0.283 e. The second-order valence-electron chi connectivity index (χ2n) is 9.12. The number of carbonyl (C=O) groups is 1. The summed E-state index contributed by atoms with van der Waals surface area (Å²) in [7, 11) is 0. The van der Waals surface area contributed by atoms with E-state index in [4.69, 9.17) is 0 Å². The van der Waals surface area contributed by atoms with Crippen LogP contribution in [0.2, 0.25) is 0 Å². The van der Waals surface area contributed by atoms with E-state index in [0.717, 1.165) is 30.6 Å².